The lowest BCUT2D eigenvalue weighted by atomic mass is 10.1. The molecule has 0 unspecified atom stereocenters. The summed E-state index contributed by atoms with van der Waals surface area (Å²) in [5, 5.41) is 0. The van der Waals surface area contributed by atoms with E-state index in [-0.39, 0.29) is 16.2 Å². The fourth-order valence-electron chi connectivity index (χ4n) is 0.899. The van der Waals surface area contributed by atoms with Crippen molar-refractivity contribution in [2.45, 2.75) is 13.1 Å². The molecule has 0 saturated carbocycles. The normalized spacial score (nSPS) is 11.2. The molecule has 1 aromatic rings. The van der Waals surface area contributed by atoms with Crippen molar-refractivity contribution in [2.24, 2.45) is 0 Å². The van der Waals surface area contributed by atoms with Crippen molar-refractivity contribution in [1.29, 1.82) is 0 Å². The van der Waals surface area contributed by atoms with E-state index in [4.69, 9.17) is 12.2 Å². The zero-order valence-corrected chi connectivity index (χ0v) is 8.45. The van der Waals surface area contributed by atoms with Gasteiger partial charge in [0, 0.05) is 18.7 Å². The van der Waals surface area contributed by atoms with E-state index in [0.29, 0.717) is 0 Å². The highest BCUT2D eigenvalue weighted by Gasteiger charge is 2.32. The molecule has 0 radical (unpaired) electrons. The van der Waals surface area contributed by atoms with Crippen molar-refractivity contribution in [3.8, 4) is 0 Å². The molecular formula is C9H6F3NOS. The summed E-state index contributed by atoms with van der Waals surface area (Å²) in [6.45, 7) is 1.25. The molecule has 0 fully saturated rings. The highest BCUT2D eigenvalue weighted by Crippen LogP contribution is 2.27. The average molecular weight is 233 g/mol. The second kappa shape index (κ2) is 4.06. The van der Waals surface area contributed by atoms with Gasteiger partial charge in [0.25, 0.3) is 0 Å². The third kappa shape index (κ3) is 2.82. The van der Waals surface area contributed by atoms with Gasteiger partial charge in [-0.2, -0.15) is 13.2 Å². The van der Waals surface area contributed by atoms with E-state index in [1.807, 2.05) is 0 Å². The predicted molar refractivity (Wildman–Crippen MR) is 51.6 cm³/mol. The molecule has 6 heteroatoms. The molecule has 0 spiro atoms. The van der Waals surface area contributed by atoms with Crippen LogP contribution in [0.25, 0.3) is 0 Å². The molecule has 1 aromatic heterocycles. The summed E-state index contributed by atoms with van der Waals surface area (Å²) in [7, 11) is 0. The highest BCUT2D eigenvalue weighted by atomic mass is 32.1. The van der Waals surface area contributed by atoms with Crippen molar-refractivity contribution >= 4 is 22.9 Å². The van der Waals surface area contributed by atoms with Gasteiger partial charge in [0.05, 0.1) is 4.86 Å². The maximum absolute atomic E-state index is 12.1. The van der Waals surface area contributed by atoms with Gasteiger partial charge in [0.15, 0.2) is 5.78 Å². The molecule has 15 heavy (non-hydrogen) atoms. The van der Waals surface area contributed by atoms with Crippen LogP contribution in [0.5, 0.6) is 0 Å². The minimum Gasteiger partial charge on any atom is -0.294 e. The minimum atomic E-state index is -4.48. The van der Waals surface area contributed by atoms with Crippen LogP contribution in [-0.2, 0) is 11.0 Å². The molecule has 0 saturated heterocycles. The fourth-order valence-corrected chi connectivity index (χ4v) is 1.02. The minimum absolute atomic E-state index is 0.0174. The zero-order valence-electron chi connectivity index (χ0n) is 7.63. The number of alkyl halides is 3. The van der Waals surface area contributed by atoms with E-state index >= 15 is 0 Å². The van der Waals surface area contributed by atoms with E-state index < -0.39 is 11.9 Å². The maximum atomic E-state index is 12.1. The Balaban J connectivity index is 3.01. The predicted octanol–water partition coefficient (Wildman–Crippen LogP) is 2.41. The first-order valence-electron chi connectivity index (χ1n) is 3.91. The number of hydrogen-bond acceptors (Lipinski definition) is 3. The van der Waals surface area contributed by atoms with Crippen LogP contribution in [0.2, 0.25) is 0 Å². The molecule has 0 aromatic carbocycles. The van der Waals surface area contributed by atoms with Crippen molar-refractivity contribution in [3.63, 3.8) is 0 Å². The molecule has 0 aliphatic rings. The van der Waals surface area contributed by atoms with Gasteiger partial charge in [-0.25, -0.2) is 0 Å². The number of ketones is 1. The largest absolute Gasteiger partial charge is 0.433 e. The molecule has 80 valence electrons. The Morgan fingerprint density at radius 3 is 2.33 bits per heavy atom. The Morgan fingerprint density at radius 1 is 1.40 bits per heavy atom. The summed E-state index contributed by atoms with van der Waals surface area (Å²) in [4.78, 5) is 14.0. The van der Waals surface area contributed by atoms with Gasteiger partial charge in [-0.15, -0.1) is 0 Å². The highest BCUT2D eigenvalue weighted by molar-refractivity contribution is 7.82. The van der Waals surface area contributed by atoms with E-state index in [1.54, 1.807) is 0 Å². The van der Waals surface area contributed by atoms with Crippen LogP contribution < -0.4 is 0 Å². The van der Waals surface area contributed by atoms with Crippen LogP contribution in [0.4, 0.5) is 13.2 Å². The first kappa shape index (κ1) is 11.8. The average Bonchev–Trinajstić information content (AvgIpc) is 2.15. The number of aromatic nitrogens is 1. The Hall–Kier alpha value is -1.30. The molecular weight excluding hydrogens is 227 g/mol. The maximum Gasteiger partial charge on any atom is 0.433 e. The first-order valence-corrected chi connectivity index (χ1v) is 4.31. The summed E-state index contributed by atoms with van der Waals surface area (Å²) >= 11 is 4.71. The summed E-state index contributed by atoms with van der Waals surface area (Å²) < 4.78 is 36.4. The Kier molecular flexibility index (Phi) is 3.18. The van der Waals surface area contributed by atoms with Crippen molar-refractivity contribution < 1.29 is 18.0 Å². The molecule has 1 heterocycles. The number of thiocarbonyl (C=S) groups is 1. The number of hydrogen-bond donors (Lipinski definition) is 0. The van der Waals surface area contributed by atoms with Crippen LogP contribution in [0, 0.1) is 0 Å². The molecule has 2 nitrogen and oxygen atoms in total. The topological polar surface area (TPSA) is 30.0 Å². The number of carbonyl (C=O) groups is 1. The molecule has 0 aliphatic carbocycles. The van der Waals surface area contributed by atoms with E-state index in [0.717, 1.165) is 18.3 Å². The van der Waals surface area contributed by atoms with Crippen molar-refractivity contribution in [1.82, 2.24) is 4.98 Å². The smallest absolute Gasteiger partial charge is 0.294 e. The van der Waals surface area contributed by atoms with Crippen LogP contribution in [-0.4, -0.2) is 15.6 Å². The standard InChI is InChI=1S/C9H6F3NOS/c1-5(14)8(15)6-2-3-7(13-4-6)9(10,11)12/h2-4H,1H3. The van der Waals surface area contributed by atoms with Crippen molar-refractivity contribution in [3.05, 3.63) is 29.6 Å². The number of carbonyl (C=O) groups excluding carboxylic acids is 1. The summed E-state index contributed by atoms with van der Waals surface area (Å²) in [5.41, 5.74) is -0.775. The summed E-state index contributed by atoms with van der Waals surface area (Å²) in [5.74, 6) is -0.369. The second-order valence-corrected chi connectivity index (χ2v) is 3.22. The number of nitrogens with zero attached hydrogens (tertiary/aromatic N) is 1. The Morgan fingerprint density at radius 2 is 2.00 bits per heavy atom. The van der Waals surface area contributed by atoms with Crippen LogP contribution in [0.1, 0.15) is 18.2 Å². The zero-order chi connectivity index (χ0) is 11.6. The fraction of sp³-hybridized carbons (Fsp3) is 0.222. The quantitative estimate of drug-likeness (QED) is 0.580. The molecule has 0 atom stereocenters. The van der Waals surface area contributed by atoms with Gasteiger partial charge in [0.2, 0.25) is 0 Å². The monoisotopic (exact) mass is 233 g/mol. The third-order valence-electron chi connectivity index (χ3n) is 1.64. The van der Waals surface area contributed by atoms with E-state index in [1.165, 1.54) is 6.92 Å². The van der Waals surface area contributed by atoms with Gasteiger partial charge in [-0.05, 0) is 12.1 Å². The molecule has 0 amide bonds. The SMILES string of the molecule is CC(=O)C(=S)c1ccc(C(F)(F)F)nc1. The second-order valence-electron chi connectivity index (χ2n) is 2.82. The number of halogens is 3. The van der Waals surface area contributed by atoms with Gasteiger partial charge in [-0.1, -0.05) is 12.2 Å². The number of pyridine rings is 1. The molecule has 0 bridgehead atoms. The van der Waals surface area contributed by atoms with Gasteiger partial charge >= 0.3 is 6.18 Å². The van der Waals surface area contributed by atoms with Crippen LogP contribution in [0.3, 0.4) is 0 Å². The van der Waals surface area contributed by atoms with Gasteiger partial charge in [-0.3, -0.25) is 9.78 Å². The third-order valence-corrected chi connectivity index (χ3v) is 2.16. The number of rotatable bonds is 2. The molecule has 0 N–H and O–H groups in total. The lowest BCUT2D eigenvalue weighted by Crippen LogP contribution is -2.11. The van der Waals surface area contributed by atoms with Crippen LogP contribution >= 0.6 is 12.2 Å². The molecule has 0 aliphatic heterocycles. The van der Waals surface area contributed by atoms with Gasteiger partial charge in [0.1, 0.15) is 5.69 Å². The Labute approximate surface area is 89.1 Å². The van der Waals surface area contributed by atoms with E-state index in [2.05, 4.69) is 4.98 Å². The number of Topliss-reactive ketones (excluding diaryl/α,β-unsaturated/α-hetero) is 1. The first-order chi connectivity index (χ1) is 6.82. The summed E-state index contributed by atoms with van der Waals surface area (Å²) in [6, 6.07) is 1.93. The lowest BCUT2D eigenvalue weighted by Gasteiger charge is -2.05. The molecule has 1 rings (SSSR count). The summed E-state index contributed by atoms with van der Waals surface area (Å²) in [6.07, 6.45) is -3.52. The van der Waals surface area contributed by atoms with Crippen molar-refractivity contribution in [2.75, 3.05) is 0 Å². The lowest BCUT2D eigenvalue weighted by molar-refractivity contribution is -0.141. The Bertz CT molecular complexity index is 397. The van der Waals surface area contributed by atoms with Gasteiger partial charge < -0.3 is 0 Å². The van der Waals surface area contributed by atoms with E-state index in [9.17, 15) is 18.0 Å². The van der Waals surface area contributed by atoms with Crippen LogP contribution in [0.15, 0.2) is 18.3 Å².